The van der Waals surface area contributed by atoms with Crippen molar-refractivity contribution in [2.24, 2.45) is 0 Å². The van der Waals surface area contributed by atoms with E-state index in [1.807, 2.05) is 6.92 Å². The van der Waals surface area contributed by atoms with Crippen LogP contribution in [0.25, 0.3) is 0 Å². The van der Waals surface area contributed by atoms with Gasteiger partial charge < -0.3 is 9.15 Å². The summed E-state index contributed by atoms with van der Waals surface area (Å²) in [7, 11) is 0. The van der Waals surface area contributed by atoms with Gasteiger partial charge in [-0.15, -0.1) is 0 Å². The number of halogens is 1. The van der Waals surface area contributed by atoms with Crippen LogP contribution in [-0.2, 0) is 9.53 Å². The highest BCUT2D eigenvalue weighted by molar-refractivity contribution is 9.10. The SMILES string of the molecule is CCOC(=O)C(CC)c1occc1Br. The number of rotatable bonds is 4. The van der Waals surface area contributed by atoms with E-state index in [-0.39, 0.29) is 11.9 Å². The van der Waals surface area contributed by atoms with Crippen LogP contribution in [0.3, 0.4) is 0 Å². The Labute approximate surface area is 91.6 Å². The second-order valence-corrected chi connectivity index (χ2v) is 3.70. The third kappa shape index (κ3) is 2.38. The highest BCUT2D eigenvalue weighted by Gasteiger charge is 2.24. The van der Waals surface area contributed by atoms with E-state index in [4.69, 9.17) is 9.15 Å². The molecule has 0 N–H and O–H groups in total. The van der Waals surface area contributed by atoms with Gasteiger partial charge in [0.2, 0.25) is 0 Å². The molecule has 0 aromatic carbocycles. The maximum atomic E-state index is 11.5. The van der Waals surface area contributed by atoms with Crippen molar-refractivity contribution in [1.82, 2.24) is 0 Å². The van der Waals surface area contributed by atoms with Crippen molar-refractivity contribution >= 4 is 21.9 Å². The fourth-order valence-corrected chi connectivity index (χ4v) is 1.73. The zero-order valence-electron chi connectivity index (χ0n) is 8.25. The van der Waals surface area contributed by atoms with E-state index >= 15 is 0 Å². The molecule has 0 spiro atoms. The van der Waals surface area contributed by atoms with Crippen LogP contribution in [0.2, 0.25) is 0 Å². The van der Waals surface area contributed by atoms with Gasteiger partial charge in [-0.25, -0.2) is 0 Å². The van der Waals surface area contributed by atoms with Gasteiger partial charge in [-0.1, -0.05) is 6.92 Å². The standard InChI is InChI=1S/C10H13BrO3/c1-3-7(10(12)13-4-2)9-8(11)5-6-14-9/h5-7H,3-4H2,1-2H3. The van der Waals surface area contributed by atoms with Crippen molar-refractivity contribution in [3.05, 3.63) is 22.6 Å². The quantitative estimate of drug-likeness (QED) is 0.782. The molecular formula is C10H13BrO3. The Morgan fingerprint density at radius 3 is 2.79 bits per heavy atom. The Balaban J connectivity index is 2.82. The molecule has 0 radical (unpaired) electrons. The highest BCUT2D eigenvalue weighted by atomic mass is 79.9. The molecule has 0 aliphatic rings. The highest BCUT2D eigenvalue weighted by Crippen LogP contribution is 2.29. The molecule has 78 valence electrons. The Bertz CT molecular complexity index is 306. The molecule has 1 aromatic rings. The van der Waals surface area contributed by atoms with Crippen LogP contribution in [0.1, 0.15) is 31.9 Å². The maximum absolute atomic E-state index is 11.5. The molecule has 0 fully saturated rings. The van der Waals surface area contributed by atoms with Crippen molar-refractivity contribution in [2.45, 2.75) is 26.2 Å². The van der Waals surface area contributed by atoms with Gasteiger partial charge in [0, 0.05) is 0 Å². The van der Waals surface area contributed by atoms with E-state index < -0.39 is 0 Å². The van der Waals surface area contributed by atoms with Crippen molar-refractivity contribution in [1.29, 1.82) is 0 Å². The topological polar surface area (TPSA) is 39.4 Å². The van der Waals surface area contributed by atoms with E-state index in [1.54, 1.807) is 19.3 Å². The molecule has 3 nitrogen and oxygen atoms in total. The van der Waals surface area contributed by atoms with E-state index in [2.05, 4.69) is 15.9 Å². The molecule has 0 aliphatic carbocycles. The van der Waals surface area contributed by atoms with Crippen molar-refractivity contribution in [2.75, 3.05) is 6.61 Å². The summed E-state index contributed by atoms with van der Waals surface area (Å²) in [6.07, 6.45) is 2.23. The molecule has 0 saturated carbocycles. The predicted octanol–water partition coefficient (Wildman–Crippen LogP) is 3.10. The number of esters is 1. The summed E-state index contributed by atoms with van der Waals surface area (Å²) >= 11 is 3.33. The number of hydrogen-bond donors (Lipinski definition) is 0. The third-order valence-electron chi connectivity index (χ3n) is 1.94. The fraction of sp³-hybridized carbons (Fsp3) is 0.500. The van der Waals surface area contributed by atoms with E-state index in [0.717, 1.165) is 4.47 Å². The zero-order valence-corrected chi connectivity index (χ0v) is 9.83. The van der Waals surface area contributed by atoms with E-state index in [9.17, 15) is 4.79 Å². The first kappa shape index (κ1) is 11.3. The summed E-state index contributed by atoms with van der Waals surface area (Å²) in [6.45, 7) is 4.12. The summed E-state index contributed by atoms with van der Waals surface area (Å²) in [5, 5.41) is 0. The van der Waals surface area contributed by atoms with E-state index in [1.165, 1.54) is 0 Å². The molecule has 1 heterocycles. The first-order chi connectivity index (χ1) is 6.70. The van der Waals surface area contributed by atoms with Crippen LogP contribution < -0.4 is 0 Å². The van der Waals surface area contributed by atoms with Crippen LogP contribution in [0.15, 0.2) is 21.2 Å². The molecule has 1 atom stereocenters. The van der Waals surface area contributed by atoms with Gasteiger partial charge >= 0.3 is 5.97 Å². The van der Waals surface area contributed by atoms with Gasteiger partial charge in [0.1, 0.15) is 11.7 Å². The summed E-state index contributed by atoms with van der Waals surface area (Å²) in [5.41, 5.74) is 0. The van der Waals surface area contributed by atoms with Gasteiger partial charge in [-0.05, 0) is 35.3 Å². The second kappa shape index (κ2) is 5.20. The molecule has 4 heteroatoms. The second-order valence-electron chi connectivity index (χ2n) is 2.85. The predicted molar refractivity (Wildman–Crippen MR) is 56.1 cm³/mol. The zero-order chi connectivity index (χ0) is 10.6. The minimum absolute atomic E-state index is 0.231. The maximum Gasteiger partial charge on any atom is 0.316 e. The molecule has 1 aromatic heterocycles. The van der Waals surface area contributed by atoms with Crippen LogP contribution in [0, 0.1) is 0 Å². The number of hydrogen-bond acceptors (Lipinski definition) is 3. The summed E-state index contributed by atoms with van der Waals surface area (Å²) in [5.74, 6) is 0.107. The van der Waals surface area contributed by atoms with Gasteiger partial charge in [-0.3, -0.25) is 4.79 Å². The molecular weight excluding hydrogens is 248 g/mol. The summed E-state index contributed by atoms with van der Waals surface area (Å²) < 4.78 is 11.0. The monoisotopic (exact) mass is 260 g/mol. The average molecular weight is 261 g/mol. The Kier molecular flexibility index (Phi) is 4.20. The Morgan fingerprint density at radius 2 is 2.36 bits per heavy atom. The molecule has 1 rings (SSSR count). The lowest BCUT2D eigenvalue weighted by Gasteiger charge is -2.11. The van der Waals surface area contributed by atoms with Crippen LogP contribution in [-0.4, -0.2) is 12.6 Å². The largest absolute Gasteiger partial charge is 0.467 e. The minimum atomic E-state index is -0.306. The van der Waals surface area contributed by atoms with Gasteiger partial charge in [0.15, 0.2) is 0 Å². The normalized spacial score (nSPS) is 12.5. The van der Waals surface area contributed by atoms with Crippen molar-refractivity contribution in [3.63, 3.8) is 0 Å². The summed E-state index contributed by atoms with van der Waals surface area (Å²) in [6, 6.07) is 1.78. The number of carbonyl (C=O) groups excluding carboxylic acids is 1. The fourth-order valence-electron chi connectivity index (χ4n) is 1.26. The Morgan fingerprint density at radius 1 is 1.64 bits per heavy atom. The van der Waals surface area contributed by atoms with E-state index in [0.29, 0.717) is 18.8 Å². The van der Waals surface area contributed by atoms with Crippen LogP contribution >= 0.6 is 15.9 Å². The minimum Gasteiger partial charge on any atom is -0.467 e. The smallest absolute Gasteiger partial charge is 0.316 e. The number of furan rings is 1. The third-order valence-corrected chi connectivity index (χ3v) is 2.60. The molecule has 0 bridgehead atoms. The molecule has 14 heavy (non-hydrogen) atoms. The Hall–Kier alpha value is -0.770. The lowest BCUT2D eigenvalue weighted by molar-refractivity contribution is -0.145. The number of carbonyl (C=O) groups is 1. The van der Waals surface area contributed by atoms with Gasteiger partial charge in [0.05, 0.1) is 17.3 Å². The summed E-state index contributed by atoms with van der Waals surface area (Å²) in [4.78, 5) is 11.5. The lowest BCUT2D eigenvalue weighted by Crippen LogP contribution is -2.15. The van der Waals surface area contributed by atoms with Crippen LogP contribution in [0.4, 0.5) is 0 Å². The molecule has 1 unspecified atom stereocenters. The van der Waals surface area contributed by atoms with Gasteiger partial charge in [-0.2, -0.15) is 0 Å². The van der Waals surface area contributed by atoms with Crippen molar-refractivity contribution in [3.8, 4) is 0 Å². The first-order valence-electron chi connectivity index (χ1n) is 4.60. The molecule has 0 amide bonds. The van der Waals surface area contributed by atoms with Crippen LogP contribution in [0.5, 0.6) is 0 Å². The first-order valence-corrected chi connectivity index (χ1v) is 5.39. The molecule has 0 saturated heterocycles. The molecule has 0 aliphatic heterocycles. The average Bonchev–Trinajstić information content (AvgIpc) is 2.54. The van der Waals surface area contributed by atoms with Gasteiger partial charge in [0.25, 0.3) is 0 Å². The lowest BCUT2D eigenvalue weighted by atomic mass is 10.0. The number of ether oxygens (including phenoxy) is 1. The van der Waals surface area contributed by atoms with Crippen molar-refractivity contribution < 1.29 is 13.9 Å².